The maximum Gasteiger partial charge on any atom is 0.144 e. The Bertz CT molecular complexity index is 412. The number of hydrogen-bond donors (Lipinski definition) is 1. The predicted molar refractivity (Wildman–Crippen MR) is 66.8 cm³/mol. The molecule has 17 heavy (non-hydrogen) atoms. The molecule has 0 aromatic heterocycles. The van der Waals surface area contributed by atoms with Gasteiger partial charge in [-0.2, -0.15) is 0 Å². The van der Waals surface area contributed by atoms with Crippen molar-refractivity contribution in [1.29, 1.82) is 0 Å². The second-order valence-electron chi connectivity index (χ2n) is 4.35. The lowest BCUT2D eigenvalue weighted by Crippen LogP contribution is -2.49. The number of hydrogen-bond acceptors (Lipinski definition) is 2. The molecule has 94 valence electrons. The largest absolute Gasteiger partial charge is 0.314 e. The van der Waals surface area contributed by atoms with Crippen molar-refractivity contribution in [2.24, 2.45) is 0 Å². The third kappa shape index (κ3) is 2.84. The van der Waals surface area contributed by atoms with Crippen molar-refractivity contribution < 1.29 is 8.78 Å². The lowest BCUT2D eigenvalue weighted by molar-refractivity contribution is 0.161. The predicted octanol–water partition coefficient (Wildman–Crippen LogP) is 2.52. The molecule has 0 unspecified atom stereocenters. The Morgan fingerprint density at radius 2 is 2.24 bits per heavy atom. The van der Waals surface area contributed by atoms with Gasteiger partial charge in [0.2, 0.25) is 0 Å². The summed E-state index contributed by atoms with van der Waals surface area (Å²) in [5.41, 5.74) is 0.146. The van der Waals surface area contributed by atoms with Crippen molar-refractivity contribution >= 4 is 15.9 Å². The van der Waals surface area contributed by atoms with Crippen LogP contribution in [-0.4, -0.2) is 30.6 Å². The molecule has 0 radical (unpaired) electrons. The molecule has 0 aliphatic carbocycles. The fourth-order valence-corrected chi connectivity index (χ4v) is 2.41. The number of piperazine rings is 1. The number of nitrogens with one attached hydrogen (secondary N) is 1. The van der Waals surface area contributed by atoms with Crippen molar-refractivity contribution in [2.45, 2.75) is 19.5 Å². The molecular weight excluding hydrogens is 290 g/mol. The van der Waals surface area contributed by atoms with Gasteiger partial charge in [-0.1, -0.05) is 0 Å². The summed E-state index contributed by atoms with van der Waals surface area (Å²) in [6.45, 7) is 4.91. The van der Waals surface area contributed by atoms with E-state index in [9.17, 15) is 8.78 Å². The van der Waals surface area contributed by atoms with E-state index in [4.69, 9.17) is 0 Å². The van der Waals surface area contributed by atoms with Crippen LogP contribution in [0.5, 0.6) is 0 Å². The summed E-state index contributed by atoms with van der Waals surface area (Å²) in [5, 5.41) is 3.25. The third-order valence-electron chi connectivity index (χ3n) is 3.14. The highest BCUT2D eigenvalue weighted by Crippen LogP contribution is 2.23. The molecule has 0 spiro atoms. The summed E-state index contributed by atoms with van der Waals surface area (Å²) in [6.07, 6.45) is 0. The average Bonchev–Trinajstić information content (AvgIpc) is 2.32. The number of nitrogens with zero attached hydrogens (tertiary/aromatic N) is 1. The minimum Gasteiger partial charge on any atom is -0.314 e. The van der Waals surface area contributed by atoms with Crippen LogP contribution in [0, 0.1) is 11.6 Å². The van der Waals surface area contributed by atoms with Crippen LogP contribution >= 0.6 is 15.9 Å². The quantitative estimate of drug-likeness (QED) is 0.845. The summed E-state index contributed by atoms with van der Waals surface area (Å²) >= 11 is 3.09. The van der Waals surface area contributed by atoms with Gasteiger partial charge in [-0.15, -0.1) is 0 Å². The summed E-state index contributed by atoms with van der Waals surface area (Å²) in [6, 6.07) is 2.99. The van der Waals surface area contributed by atoms with Crippen LogP contribution in [0.2, 0.25) is 0 Å². The van der Waals surface area contributed by atoms with E-state index in [1.165, 1.54) is 12.1 Å². The van der Waals surface area contributed by atoms with Crippen LogP contribution in [0.1, 0.15) is 12.5 Å². The van der Waals surface area contributed by atoms with Gasteiger partial charge >= 0.3 is 0 Å². The van der Waals surface area contributed by atoms with Gasteiger partial charge in [-0.05, 0) is 35.0 Å². The molecule has 0 saturated carbocycles. The van der Waals surface area contributed by atoms with Crippen molar-refractivity contribution in [3.8, 4) is 0 Å². The second kappa shape index (κ2) is 5.42. The van der Waals surface area contributed by atoms with Gasteiger partial charge in [0.15, 0.2) is 0 Å². The lowest BCUT2D eigenvalue weighted by atomic mass is 10.1. The molecule has 0 amide bonds. The molecule has 1 saturated heterocycles. The van der Waals surface area contributed by atoms with E-state index >= 15 is 0 Å². The van der Waals surface area contributed by atoms with Crippen molar-refractivity contribution in [3.63, 3.8) is 0 Å². The maximum absolute atomic E-state index is 13.8. The molecule has 5 heteroatoms. The van der Waals surface area contributed by atoms with E-state index in [0.717, 1.165) is 19.6 Å². The van der Waals surface area contributed by atoms with E-state index in [-0.39, 0.29) is 5.56 Å². The van der Waals surface area contributed by atoms with Crippen LogP contribution in [0.4, 0.5) is 8.78 Å². The molecule has 2 rings (SSSR count). The molecule has 1 N–H and O–H groups in total. The molecule has 1 aromatic rings. The first kappa shape index (κ1) is 12.9. The monoisotopic (exact) mass is 304 g/mol. The van der Waals surface area contributed by atoms with Gasteiger partial charge in [-0.3, -0.25) is 4.90 Å². The molecular formula is C12H15BrF2N2. The number of halogens is 3. The molecule has 1 aliphatic rings. The topological polar surface area (TPSA) is 15.3 Å². The molecule has 0 bridgehead atoms. The number of rotatable bonds is 2. The standard InChI is InChI=1S/C12H15BrF2N2/c1-8-6-16-4-5-17(8)7-9-11(14)3-2-10(13)12(9)15/h2-3,8,16H,4-7H2,1H3/t8-/m0/s1. The van der Waals surface area contributed by atoms with Crippen LogP contribution in [0.3, 0.4) is 0 Å². The van der Waals surface area contributed by atoms with Crippen molar-refractivity contribution in [1.82, 2.24) is 10.2 Å². The normalized spacial score (nSPS) is 21.8. The Kier molecular flexibility index (Phi) is 4.12. The SMILES string of the molecule is C[C@H]1CNCCN1Cc1c(F)ccc(Br)c1F. The van der Waals surface area contributed by atoms with Gasteiger partial charge in [0, 0.05) is 37.8 Å². The second-order valence-corrected chi connectivity index (χ2v) is 5.20. The van der Waals surface area contributed by atoms with Gasteiger partial charge in [0.05, 0.1) is 4.47 Å². The Labute approximate surface area is 108 Å². The zero-order chi connectivity index (χ0) is 12.4. The van der Waals surface area contributed by atoms with E-state index in [0.29, 0.717) is 17.1 Å². The van der Waals surface area contributed by atoms with Gasteiger partial charge in [-0.25, -0.2) is 8.78 Å². The van der Waals surface area contributed by atoms with Gasteiger partial charge in [0.1, 0.15) is 11.6 Å². The highest BCUT2D eigenvalue weighted by atomic mass is 79.9. The van der Waals surface area contributed by atoms with Gasteiger partial charge < -0.3 is 5.32 Å². The maximum atomic E-state index is 13.8. The van der Waals surface area contributed by atoms with Crippen LogP contribution in [0.25, 0.3) is 0 Å². The first-order chi connectivity index (χ1) is 8.09. The summed E-state index contributed by atoms with van der Waals surface area (Å²) < 4.78 is 27.7. The minimum atomic E-state index is -0.490. The van der Waals surface area contributed by atoms with Crippen LogP contribution < -0.4 is 5.32 Å². The van der Waals surface area contributed by atoms with E-state index in [2.05, 4.69) is 33.1 Å². The zero-order valence-electron chi connectivity index (χ0n) is 9.64. The smallest absolute Gasteiger partial charge is 0.144 e. The van der Waals surface area contributed by atoms with Crippen molar-refractivity contribution in [3.05, 3.63) is 33.8 Å². The Morgan fingerprint density at radius 1 is 1.47 bits per heavy atom. The molecule has 1 aromatic carbocycles. The Morgan fingerprint density at radius 3 is 2.94 bits per heavy atom. The summed E-state index contributed by atoms with van der Waals surface area (Å²) in [7, 11) is 0. The number of benzene rings is 1. The average molecular weight is 305 g/mol. The van der Waals surface area contributed by atoms with Crippen molar-refractivity contribution in [2.75, 3.05) is 19.6 Å². The Hall–Kier alpha value is -0.520. The van der Waals surface area contributed by atoms with Crippen LogP contribution in [-0.2, 0) is 6.54 Å². The molecule has 1 fully saturated rings. The first-order valence-electron chi connectivity index (χ1n) is 5.66. The minimum absolute atomic E-state index is 0.146. The van der Waals surface area contributed by atoms with Gasteiger partial charge in [0.25, 0.3) is 0 Å². The zero-order valence-corrected chi connectivity index (χ0v) is 11.2. The fourth-order valence-electron chi connectivity index (χ4n) is 2.04. The third-order valence-corrected chi connectivity index (χ3v) is 3.75. The lowest BCUT2D eigenvalue weighted by Gasteiger charge is -2.34. The van der Waals surface area contributed by atoms with Crippen LogP contribution in [0.15, 0.2) is 16.6 Å². The molecule has 1 atom stereocenters. The van der Waals surface area contributed by atoms with E-state index in [1.54, 1.807) is 0 Å². The highest BCUT2D eigenvalue weighted by molar-refractivity contribution is 9.10. The van der Waals surface area contributed by atoms with E-state index in [1.807, 2.05) is 0 Å². The van der Waals surface area contributed by atoms with E-state index < -0.39 is 11.6 Å². The fraction of sp³-hybridized carbons (Fsp3) is 0.500. The highest BCUT2D eigenvalue weighted by Gasteiger charge is 2.21. The molecule has 1 aliphatic heterocycles. The molecule has 1 heterocycles. The molecule has 2 nitrogen and oxygen atoms in total. The summed E-state index contributed by atoms with van der Waals surface area (Å²) in [4.78, 5) is 2.09. The summed E-state index contributed by atoms with van der Waals surface area (Å²) in [5.74, 6) is -0.966. The Balaban J connectivity index is 2.20. The first-order valence-corrected chi connectivity index (χ1v) is 6.46.